The molecule has 1 aromatic heterocycles. The maximum Gasteiger partial charge on any atom is 0.227 e. The Morgan fingerprint density at radius 3 is 2.58 bits per heavy atom. The van der Waals surface area contributed by atoms with Crippen LogP contribution in [-0.2, 0) is 17.8 Å². The number of carbonyl (C=O) groups excluding carboxylic acids is 1. The lowest BCUT2D eigenvalue weighted by atomic mass is 10.1. The smallest absolute Gasteiger partial charge is 0.227 e. The van der Waals surface area contributed by atoms with Crippen LogP contribution in [-0.4, -0.2) is 41.1 Å². The zero-order chi connectivity index (χ0) is 21.6. The van der Waals surface area contributed by atoms with E-state index >= 15 is 0 Å². The number of aromatic nitrogens is 2. The van der Waals surface area contributed by atoms with E-state index in [9.17, 15) is 4.79 Å². The molecular formula is C25H30N4O2. The zero-order valence-electron chi connectivity index (χ0n) is 18.4. The van der Waals surface area contributed by atoms with E-state index in [-0.39, 0.29) is 5.91 Å². The highest BCUT2D eigenvalue weighted by Gasteiger charge is 2.18. The maximum absolute atomic E-state index is 12.7. The van der Waals surface area contributed by atoms with Gasteiger partial charge in [-0.1, -0.05) is 53.2 Å². The summed E-state index contributed by atoms with van der Waals surface area (Å²) in [5.74, 6) is 1.13. The van der Waals surface area contributed by atoms with Crippen LogP contribution in [0.3, 0.4) is 0 Å². The second kappa shape index (κ2) is 9.77. The number of carbonyl (C=O) groups is 1. The number of rotatable bonds is 7. The van der Waals surface area contributed by atoms with E-state index in [1.807, 2.05) is 44.3 Å². The standard InChI is InChI=1S/C25H30N4O2/c1-19-10-12-20(13-11-19)25-26-23(31-27-25)14-15-24(30)28(2)18-21-8-4-5-9-22(21)29-16-6-3-7-17-29/h4-5,8-13H,3,6-7,14-18H2,1-2H3. The van der Waals surface area contributed by atoms with Crippen molar-refractivity contribution in [2.24, 2.45) is 0 Å². The summed E-state index contributed by atoms with van der Waals surface area (Å²) in [6.45, 7) is 4.83. The zero-order valence-corrected chi connectivity index (χ0v) is 18.4. The molecule has 1 aliphatic heterocycles. The number of hydrogen-bond acceptors (Lipinski definition) is 5. The van der Waals surface area contributed by atoms with Crippen LogP contribution in [0.2, 0.25) is 0 Å². The van der Waals surface area contributed by atoms with Gasteiger partial charge in [0.15, 0.2) is 0 Å². The molecule has 1 fully saturated rings. The number of anilines is 1. The molecule has 2 aromatic carbocycles. The van der Waals surface area contributed by atoms with Crippen molar-refractivity contribution in [2.45, 2.75) is 45.6 Å². The number of hydrogen-bond donors (Lipinski definition) is 0. The Hall–Kier alpha value is -3.15. The van der Waals surface area contributed by atoms with Gasteiger partial charge < -0.3 is 14.3 Å². The summed E-state index contributed by atoms with van der Waals surface area (Å²) in [6.07, 6.45) is 4.56. The van der Waals surface area contributed by atoms with Gasteiger partial charge in [-0.05, 0) is 37.8 Å². The van der Waals surface area contributed by atoms with E-state index in [1.54, 1.807) is 4.90 Å². The minimum absolute atomic E-state index is 0.0727. The lowest BCUT2D eigenvalue weighted by Crippen LogP contribution is -2.32. The highest BCUT2D eigenvalue weighted by molar-refractivity contribution is 5.76. The van der Waals surface area contributed by atoms with Crippen LogP contribution >= 0.6 is 0 Å². The first-order valence-corrected chi connectivity index (χ1v) is 11.1. The van der Waals surface area contributed by atoms with E-state index in [4.69, 9.17) is 4.52 Å². The topological polar surface area (TPSA) is 62.5 Å². The third kappa shape index (κ3) is 5.32. The van der Waals surface area contributed by atoms with Crippen LogP contribution in [0.25, 0.3) is 11.4 Å². The normalized spacial score (nSPS) is 13.9. The fourth-order valence-electron chi connectivity index (χ4n) is 4.01. The number of para-hydroxylation sites is 1. The summed E-state index contributed by atoms with van der Waals surface area (Å²) >= 11 is 0. The lowest BCUT2D eigenvalue weighted by molar-refractivity contribution is -0.130. The van der Waals surface area contributed by atoms with Crippen molar-refractivity contribution in [3.05, 3.63) is 65.5 Å². The van der Waals surface area contributed by atoms with Crippen molar-refractivity contribution in [2.75, 3.05) is 25.0 Å². The third-order valence-electron chi connectivity index (χ3n) is 5.85. The molecule has 0 aliphatic carbocycles. The van der Waals surface area contributed by atoms with Crippen molar-refractivity contribution < 1.29 is 9.32 Å². The minimum Gasteiger partial charge on any atom is -0.371 e. The van der Waals surface area contributed by atoms with Gasteiger partial charge in [-0.25, -0.2) is 0 Å². The van der Waals surface area contributed by atoms with Crippen LogP contribution in [0.1, 0.15) is 42.7 Å². The molecule has 6 nitrogen and oxygen atoms in total. The highest BCUT2D eigenvalue weighted by Crippen LogP contribution is 2.25. The Bertz CT molecular complexity index is 1010. The minimum atomic E-state index is 0.0727. The number of benzene rings is 2. The fourth-order valence-corrected chi connectivity index (χ4v) is 4.01. The molecule has 6 heteroatoms. The molecule has 2 heterocycles. The molecule has 0 N–H and O–H groups in total. The fraction of sp³-hybridized carbons (Fsp3) is 0.400. The first-order valence-electron chi connectivity index (χ1n) is 11.1. The van der Waals surface area contributed by atoms with Crippen molar-refractivity contribution in [1.29, 1.82) is 0 Å². The molecule has 1 amide bonds. The van der Waals surface area contributed by atoms with Crippen LogP contribution < -0.4 is 4.90 Å². The molecule has 31 heavy (non-hydrogen) atoms. The summed E-state index contributed by atoms with van der Waals surface area (Å²) in [4.78, 5) is 21.4. The van der Waals surface area contributed by atoms with Crippen LogP contribution in [0, 0.1) is 6.92 Å². The number of amides is 1. The summed E-state index contributed by atoms with van der Waals surface area (Å²) in [6, 6.07) is 16.4. The first-order chi connectivity index (χ1) is 15.1. The molecule has 0 unspecified atom stereocenters. The molecule has 4 rings (SSSR count). The van der Waals surface area contributed by atoms with E-state index in [0.717, 1.165) is 18.7 Å². The van der Waals surface area contributed by atoms with Crippen molar-refractivity contribution >= 4 is 11.6 Å². The predicted molar refractivity (Wildman–Crippen MR) is 122 cm³/mol. The predicted octanol–water partition coefficient (Wildman–Crippen LogP) is 4.63. The molecule has 162 valence electrons. The van der Waals surface area contributed by atoms with Crippen molar-refractivity contribution in [3.8, 4) is 11.4 Å². The molecule has 0 atom stereocenters. The number of piperidine rings is 1. The Morgan fingerprint density at radius 1 is 1.06 bits per heavy atom. The summed E-state index contributed by atoms with van der Waals surface area (Å²) in [5, 5.41) is 4.05. The Balaban J connectivity index is 1.34. The Labute approximate surface area is 183 Å². The van der Waals surface area contributed by atoms with Gasteiger partial charge in [-0.15, -0.1) is 0 Å². The van der Waals surface area contributed by atoms with Gasteiger partial charge >= 0.3 is 0 Å². The molecule has 1 aliphatic rings. The van der Waals surface area contributed by atoms with Crippen molar-refractivity contribution in [1.82, 2.24) is 15.0 Å². The Morgan fingerprint density at radius 2 is 1.81 bits per heavy atom. The third-order valence-corrected chi connectivity index (χ3v) is 5.85. The lowest BCUT2D eigenvalue weighted by Gasteiger charge is -2.31. The van der Waals surface area contributed by atoms with Gasteiger partial charge in [-0.3, -0.25) is 4.79 Å². The molecule has 3 aromatic rings. The quantitative estimate of drug-likeness (QED) is 0.560. The molecule has 0 bridgehead atoms. The van der Waals surface area contributed by atoms with Gasteiger partial charge in [0, 0.05) is 50.8 Å². The van der Waals surface area contributed by atoms with Gasteiger partial charge in [-0.2, -0.15) is 4.98 Å². The van der Waals surface area contributed by atoms with Gasteiger partial charge in [0.1, 0.15) is 0 Å². The van der Waals surface area contributed by atoms with E-state index < -0.39 is 0 Å². The second-order valence-electron chi connectivity index (χ2n) is 8.30. The van der Waals surface area contributed by atoms with Crippen LogP contribution in [0.5, 0.6) is 0 Å². The largest absolute Gasteiger partial charge is 0.371 e. The molecule has 1 saturated heterocycles. The highest BCUT2D eigenvalue weighted by atomic mass is 16.5. The Kier molecular flexibility index (Phi) is 6.65. The molecular weight excluding hydrogens is 388 g/mol. The second-order valence-corrected chi connectivity index (χ2v) is 8.30. The van der Waals surface area contributed by atoms with Gasteiger partial charge in [0.25, 0.3) is 0 Å². The summed E-state index contributed by atoms with van der Waals surface area (Å²) < 4.78 is 5.36. The summed E-state index contributed by atoms with van der Waals surface area (Å²) in [7, 11) is 1.86. The average molecular weight is 419 g/mol. The first kappa shape index (κ1) is 21.1. The van der Waals surface area contributed by atoms with Crippen LogP contribution in [0.15, 0.2) is 53.1 Å². The average Bonchev–Trinajstić information content (AvgIpc) is 3.28. The van der Waals surface area contributed by atoms with Gasteiger partial charge in [0.05, 0.1) is 0 Å². The molecule has 0 radical (unpaired) electrons. The molecule has 0 spiro atoms. The maximum atomic E-state index is 12.7. The van der Waals surface area contributed by atoms with Gasteiger partial charge in [0.2, 0.25) is 17.6 Å². The molecule has 0 saturated carbocycles. The van der Waals surface area contributed by atoms with E-state index in [2.05, 4.69) is 33.2 Å². The van der Waals surface area contributed by atoms with E-state index in [0.29, 0.717) is 31.1 Å². The summed E-state index contributed by atoms with van der Waals surface area (Å²) in [5.41, 5.74) is 4.54. The number of aryl methyl sites for hydroxylation is 2. The monoisotopic (exact) mass is 418 g/mol. The SMILES string of the molecule is Cc1ccc(-c2noc(CCC(=O)N(C)Cc3ccccc3N3CCCCC3)n2)cc1. The van der Waals surface area contributed by atoms with Crippen molar-refractivity contribution in [3.63, 3.8) is 0 Å². The van der Waals surface area contributed by atoms with Crippen LogP contribution in [0.4, 0.5) is 5.69 Å². The van der Waals surface area contributed by atoms with E-state index in [1.165, 1.54) is 36.1 Å². The number of nitrogens with zero attached hydrogens (tertiary/aromatic N) is 4.